The highest BCUT2D eigenvalue weighted by atomic mass is 32.2. The molecule has 26 heavy (non-hydrogen) atoms. The molecule has 0 radical (unpaired) electrons. The Balaban J connectivity index is 1.78. The Morgan fingerprint density at radius 3 is 2.88 bits per heavy atom. The van der Waals surface area contributed by atoms with E-state index in [1.54, 1.807) is 13.8 Å². The summed E-state index contributed by atoms with van der Waals surface area (Å²) in [4.78, 5) is 37.4. The summed E-state index contributed by atoms with van der Waals surface area (Å²) in [6.45, 7) is 4.00. The van der Waals surface area contributed by atoms with Crippen molar-refractivity contribution in [2.45, 2.75) is 24.9 Å². The summed E-state index contributed by atoms with van der Waals surface area (Å²) in [5.74, 6) is 0.789. The van der Waals surface area contributed by atoms with E-state index < -0.39 is 0 Å². The van der Waals surface area contributed by atoms with Crippen LogP contribution in [-0.2, 0) is 15.4 Å². The molecule has 2 aromatic heterocycles. The molecular weight excluding hydrogens is 370 g/mol. The van der Waals surface area contributed by atoms with Gasteiger partial charge in [-0.25, -0.2) is 10.5 Å². The molecule has 0 aliphatic rings. The fourth-order valence-corrected chi connectivity index (χ4v) is 4.11. The number of thioether (sulfide) groups is 1. The standard InChI is InChI=1S/C18H19N3O3S2/c1-3-24-21-16(22)11(2)25-10-14-19-17(23)15-13(9-26-18(15)20-14)12-7-5-4-6-8-12/h4-9,11H,3,10H2,1-2H3,(H,21,22)(H,19,20,23)/t11-/m0/s1. The topological polar surface area (TPSA) is 84.1 Å². The van der Waals surface area contributed by atoms with Gasteiger partial charge in [0.15, 0.2) is 0 Å². The van der Waals surface area contributed by atoms with Crippen LogP contribution < -0.4 is 11.0 Å². The molecule has 0 saturated heterocycles. The summed E-state index contributed by atoms with van der Waals surface area (Å²) in [5, 5.41) is 2.25. The number of carbonyl (C=O) groups is 1. The lowest BCUT2D eigenvalue weighted by Gasteiger charge is -2.10. The van der Waals surface area contributed by atoms with Crippen LogP contribution in [0.25, 0.3) is 21.3 Å². The van der Waals surface area contributed by atoms with Crippen molar-refractivity contribution in [1.82, 2.24) is 15.4 Å². The minimum atomic E-state index is -0.314. The van der Waals surface area contributed by atoms with Crippen molar-refractivity contribution in [1.29, 1.82) is 0 Å². The lowest BCUT2D eigenvalue weighted by Crippen LogP contribution is -2.31. The van der Waals surface area contributed by atoms with E-state index in [0.717, 1.165) is 11.1 Å². The Hall–Kier alpha value is -2.16. The zero-order valence-corrected chi connectivity index (χ0v) is 16.1. The molecule has 2 heterocycles. The first-order chi connectivity index (χ1) is 12.6. The Kier molecular flexibility index (Phi) is 6.08. The van der Waals surface area contributed by atoms with E-state index in [2.05, 4.69) is 15.4 Å². The van der Waals surface area contributed by atoms with Gasteiger partial charge in [-0.3, -0.25) is 14.4 Å². The predicted molar refractivity (Wildman–Crippen MR) is 106 cm³/mol. The molecule has 0 bridgehead atoms. The van der Waals surface area contributed by atoms with Crippen molar-refractivity contribution in [3.63, 3.8) is 0 Å². The van der Waals surface area contributed by atoms with E-state index in [1.807, 2.05) is 35.7 Å². The van der Waals surface area contributed by atoms with Crippen molar-refractivity contribution in [2.75, 3.05) is 6.61 Å². The van der Waals surface area contributed by atoms with Gasteiger partial charge in [0.2, 0.25) is 0 Å². The van der Waals surface area contributed by atoms with E-state index in [1.165, 1.54) is 23.1 Å². The van der Waals surface area contributed by atoms with Gasteiger partial charge in [-0.15, -0.1) is 23.1 Å². The maximum atomic E-state index is 12.6. The molecule has 2 N–H and O–H groups in total. The highest BCUT2D eigenvalue weighted by Gasteiger charge is 2.16. The molecule has 6 nitrogen and oxygen atoms in total. The maximum Gasteiger partial charge on any atom is 0.260 e. The van der Waals surface area contributed by atoms with Gasteiger partial charge in [0.1, 0.15) is 10.7 Å². The monoisotopic (exact) mass is 389 g/mol. The van der Waals surface area contributed by atoms with Gasteiger partial charge in [-0.1, -0.05) is 30.3 Å². The molecule has 0 unspecified atom stereocenters. The van der Waals surface area contributed by atoms with Crippen LogP contribution in [0.2, 0.25) is 0 Å². The van der Waals surface area contributed by atoms with Crippen molar-refractivity contribution in [2.24, 2.45) is 0 Å². The second-order valence-electron chi connectivity index (χ2n) is 5.56. The summed E-state index contributed by atoms with van der Waals surface area (Å²) >= 11 is 2.84. The van der Waals surface area contributed by atoms with Gasteiger partial charge in [-0.2, -0.15) is 0 Å². The zero-order valence-electron chi connectivity index (χ0n) is 14.4. The molecule has 0 saturated carbocycles. The predicted octanol–water partition coefficient (Wildman–Crippen LogP) is 3.34. The highest BCUT2D eigenvalue weighted by molar-refractivity contribution is 7.99. The summed E-state index contributed by atoms with van der Waals surface area (Å²) in [7, 11) is 0. The Morgan fingerprint density at radius 2 is 2.15 bits per heavy atom. The third-order valence-corrected chi connectivity index (χ3v) is 5.76. The number of rotatable bonds is 7. The van der Waals surface area contributed by atoms with Crippen molar-refractivity contribution < 1.29 is 9.63 Å². The van der Waals surface area contributed by atoms with Crippen LogP contribution in [0.4, 0.5) is 0 Å². The van der Waals surface area contributed by atoms with Crippen LogP contribution in [0.5, 0.6) is 0 Å². The molecular formula is C18H19N3O3S2. The average Bonchev–Trinajstić information content (AvgIpc) is 3.09. The normalized spacial score (nSPS) is 12.2. The maximum absolute atomic E-state index is 12.6. The Bertz CT molecular complexity index is 953. The molecule has 136 valence electrons. The van der Waals surface area contributed by atoms with Crippen LogP contribution >= 0.6 is 23.1 Å². The first kappa shape index (κ1) is 18.6. The molecule has 1 aromatic carbocycles. The second-order valence-corrected chi connectivity index (χ2v) is 7.75. The van der Waals surface area contributed by atoms with Crippen LogP contribution in [0.15, 0.2) is 40.5 Å². The number of aromatic nitrogens is 2. The van der Waals surface area contributed by atoms with Gasteiger partial charge < -0.3 is 4.98 Å². The summed E-state index contributed by atoms with van der Waals surface area (Å²) in [6, 6.07) is 9.78. The van der Waals surface area contributed by atoms with Crippen LogP contribution in [0, 0.1) is 0 Å². The van der Waals surface area contributed by atoms with Crippen LogP contribution in [0.3, 0.4) is 0 Å². The molecule has 0 aliphatic heterocycles. The fourth-order valence-electron chi connectivity index (χ4n) is 2.40. The number of hydrogen-bond donors (Lipinski definition) is 2. The quantitative estimate of drug-likeness (QED) is 0.606. The lowest BCUT2D eigenvalue weighted by molar-refractivity contribution is -0.132. The number of hydroxylamine groups is 1. The Morgan fingerprint density at radius 1 is 1.38 bits per heavy atom. The number of thiophene rings is 1. The third-order valence-electron chi connectivity index (χ3n) is 3.73. The molecule has 3 aromatic rings. The molecule has 0 fully saturated rings. The molecule has 1 amide bonds. The summed E-state index contributed by atoms with van der Waals surface area (Å²) in [5.41, 5.74) is 4.11. The highest BCUT2D eigenvalue weighted by Crippen LogP contribution is 2.30. The first-order valence-electron chi connectivity index (χ1n) is 8.19. The Labute approximate surface area is 159 Å². The van der Waals surface area contributed by atoms with E-state index in [0.29, 0.717) is 28.4 Å². The van der Waals surface area contributed by atoms with Gasteiger partial charge >= 0.3 is 0 Å². The van der Waals surface area contributed by atoms with Crippen molar-refractivity contribution in [3.05, 3.63) is 51.9 Å². The number of aromatic amines is 1. The molecule has 3 rings (SSSR count). The molecule has 0 spiro atoms. The van der Waals surface area contributed by atoms with Gasteiger partial charge in [0, 0.05) is 10.9 Å². The zero-order chi connectivity index (χ0) is 18.5. The number of nitrogens with one attached hydrogen (secondary N) is 2. The van der Waals surface area contributed by atoms with Gasteiger partial charge in [0.25, 0.3) is 11.5 Å². The lowest BCUT2D eigenvalue weighted by atomic mass is 10.1. The number of hydrogen-bond acceptors (Lipinski definition) is 6. The molecule has 1 atom stereocenters. The average molecular weight is 390 g/mol. The largest absolute Gasteiger partial charge is 0.309 e. The second kappa shape index (κ2) is 8.48. The number of fused-ring (bicyclic) bond motifs is 1. The van der Waals surface area contributed by atoms with Crippen molar-refractivity contribution in [3.8, 4) is 11.1 Å². The van der Waals surface area contributed by atoms with E-state index in [9.17, 15) is 9.59 Å². The SMILES string of the molecule is CCONC(=O)[C@H](C)SCc1nc2scc(-c3ccccc3)c2c(=O)[nH]1. The fraction of sp³-hybridized carbons (Fsp3) is 0.278. The molecule has 0 aliphatic carbocycles. The van der Waals surface area contributed by atoms with E-state index in [-0.39, 0.29) is 16.7 Å². The first-order valence-corrected chi connectivity index (χ1v) is 10.1. The van der Waals surface area contributed by atoms with Crippen LogP contribution in [-0.4, -0.2) is 27.7 Å². The van der Waals surface area contributed by atoms with Crippen molar-refractivity contribution >= 4 is 39.2 Å². The summed E-state index contributed by atoms with van der Waals surface area (Å²) < 4.78 is 0. The number of benzene rings is 1. The van der Waals surface area contributed by atoms with E-state index >= 15 is 0 Å². The number of amides is 1. The number of nitrogens with zero attached hydrogens (tertiary/aromatic N) is 1. The minimum Gasteiger partial charge on any atom is -0.309 e. The minimum absolute atomic E-state index is 0.155. The summed E-state index contributed by atoms with van der Waals surface area (Å²) in [6.07, 6.45) is 0. The van der Waals surface area contributed by atoms with Crippen LogP contribution in [0.1, 0.15) is 19.7 Å². The van der Waals surface area contributed by atoms with Gasteiger partial charge in [0.05, 0.1) is 23.0 Å². The third kappa shape index (κ3) is 4.14. The molecule has 8 heteroatoms. The smallest absolute Gasteiger partial charge is 0.260 e. The van der Waals surface area contributed by atoms with Gasteiger partial charge in [-0.05, 0) is 19.4 Å². The number of carbonyl (C=O) groups excluding carboxylic acids is 1. The number of H-pyrrole nitrogens is 1. The van der Waals surface area contributed by atoms with E-state index in [4.69, 9.17) is 4.84 Å².